The fraction of sp³-hybridized carbons (Fsp3) is 0.323. The van der Waals surface area contributed by atoms with E-state index in [0.29, 0.717) is 52.5 Å². The lowest BCUT2D eigenvalue weighted by atomic mass is 9.68. The molecular weight excluding hydrogens is 571 g/mol. The van der Waals surface area contributed by atoms with Crippen LogP contribution in [0.2, 0.25) is 0 Å². The Morgan fingerprint density at radius 3 is 2.71 bits per heavy atom. The van der Waals surface area contributed by atoms with E-state index in [2.05, 4.69) is 16.3 Å². The van der Waals surface area contributed by atoms with Gasteiger partial charge in [-0.05, 0) is 42.0 Å². The van der Waals surface area contributed by atoms with Crippen LogP contribution in [0.5, 0.6) is 5.75 Å². The van der Waals surface area contributed by atoms with Gasteiger partial charge in [0.1, 0.15) is 18.2 Å². The fourth-order valence-corrected chi connectivity index (χ4v) is 6.94. The quantitative estimate of drug-likeness (QED) is 0.240. The fourth-order valence-electron chi connectivity index (χ4n) is 5.26. The third-order valence-electron chi connectivity index (χ3n) is 7.03. The summed E-state index contributed by atoms with van der Waals surface area (Å²) in [5.41, 5.74) is 9.72. The Kier molecular flexibility index (Phi) is 8.66. The van der Waals surface area contributed by atoms with Gasteiger partial charge in [0.15, 0.2) is 10.1 Å². The minimum Gasteiger partial charge on any atom is -0.489 e. The minimum absolute atomic E-state index is 0.0338. The number of rotatable bonds is 9. The molecule has 2 N–H and O–H groups in total. The Bertz CT molecular complexity index is 1610. The number of thioether (sulfide) groups is 1. The molecule has 0 radical (unpaired) electrons. The van der Waals surface area contributed by atoms with Crippen molar-refractivity contribution < 1.29 is 19.1 Å². The predicted octanol–water partition coefficient (Wildman–Crippen LogP) is 5.71. The molecule has 5 rings (SSSR count). The van der Waals surface area contributed by atoms with Gasteiger partial charge in [-0.3, -0.25) is 14.5 Å². The second kappa shape index (κ2) is 12.4. The van der Waals surface area contributed by atoms with Crippen LogP contribution in [0, 0.1) is 16.7 Å². The number of nitriles is 1. The van der Waals surface area contributed by atoms with E-state index >= 15 is 0 Å². The van der Waals surface area contributed by atoms with Crippen molar-refractivity contribution in [2.75, 3.05) is 17.3 Å². The third-order valence-corrected chi connectivity index (χ3v) is 9.04. The molecule has 11 heteroatoms. The molecule has 2 aliphatic rings. The number of ketones is 1. The van der Waals surface area contributed by atoms with Gasteiger partial charge in [-0.25, -0.2) is 0 Å². The molecule has 0 spiro atoms. The number of nitrogens with zero attached hydrogens (tertiary/aromatic N) is 4. The smallest absolute Gasteiger partial charge is 0.316 e. The highest BCUT2D eigenvalue weighted by atomic mass is 32.2. The zero-order valence-electron chi connectivity index (χ0n) is 23.6. The Balaban J connectivity index is 1.53. The summed E-state index contributed by atoms with van der Waals surface area (Å²) >= 11 is 2.46. The van der Waals surface area contributed by atoms with E-state index in [0.717, 1.165) is 11.1 Å². The van der Waals surface area contributed by atoms with Crippen LogP contribution in [0.1, 0.15) is 50.7 Å². The van der Waals surface area contributed by atoms with E-state index in [9.17, 15) is 14.9 Å². The SMILES string of the molecule is CCOC(=O)CSc1nnc(N2C(N)=C(C#N)C(c3cccc(OCc4ccccc4)c3)C3=C2CC(C)(C)CC3=O)s1. The first kappa shape index (κ1) is 29.4. The molecule has 1 aliphatic heterocycles. The second-order valence-corrected chi connectivity index (χ2v) is 12.9. The molecule has 216 valence electrons. The first-order chi connectivity index (χ1) is 20.2. The molecular formula is C31H31N5O4S2. The van der Waals surface area contributed by atoms with Crippen molar-refractivity contribution in [1.82, 2.24) is 10.2 Å². The summed E-state index contributed by atoms with van der Waals surface area (Å²) in [5.74, 6) is -0.0788. The zero-order valence-corrected chi connectivity index (χ0v) is 25.3. The molecule has 3 aromatic rings. The molecule has 0 saturated carbocycles. The molecule has 2 aromatic carbocycles. The topological polar surface area (TPSA) is 131 Å². The van der Waals surface area contributed by atoms with Gasteiger partial charge in [0.2, 0.25) is 5.13 Å². The molecule has 0 saturated heterocycles. The first-order valence-corrected chi connectivity index (χ1v) is 15.4. The van der Waals surface area contributed by atoms with E-state index in [1.54, 1.807) is 11.8 Å². The van der Waals surface area contributed by atoms with Gasteiger partial charge in [0, 0.05) is 17.7 Å². The number of carbonyl (C=O) groups excluding carboxylic acids is 2. The molecule has 1 aromatic heterocycles. The van der Waals surface area contributed by atoms with E-state index in [4.69, 9.17) is 15.2 Å². The standard InChI is InChI=1S/C31H31N5O4S2/c1-4-39-25(38)18-41-30-35-34-29(42-30)36-23-14-31(2,3)15-24(37)27(23)26(22(16-32)28(36)33)20-11-8-12-21(13-20)40-17-19-9-6-5-7-10-19/h5-13,26H,4,14-15,17-18,33H2,1-3H3. The molecule has 9 nitrogen and oxygen atoms in total. The highest BCUT2D eigenvalue weighted by Gasteiger charge is 2.45. The van der Waals surface area contributed by atoms with E-state index < -0.39 is 5.92 Å². The van der Waals surface area contributed by atoms with Crippen molar-refractivity contribution in [3.05, 3.63) is 88.4 Å². The van der Waals surface area contributed by atoms with Crippen molar-refractivity contribution in [3.63, 3.8) is 0 Å². The molecule has 0 bridgehead atoms. The average Bonchev–Trinajstić information content (AvgIpc) is 3.43. The van der Waals surface area contributed by atoms with Gasteiger partial charge in [-0.1, -0.05) is 79.4 Å². The van der Waals surface area contributed by atoms with Gasteiger partial charge in [-0.2, -0.15) is 5.26 Å². The number of esters is 1. The normalized spacial score (nSPS) is 18.0. The maximum absolute atomic E-state index is 13.8. The molecule has 1 atom stereocenters. The summed E-state index contributed by atoms with van der Waals surface area (Å²) in [6.07, 6.45) is 0.898. The van der Waals surface area contributed by atoms with Gasteiger partial charge in [0.05, 0.1) is 29.9 Å². The molecule has 42 heavy (non-hydrogen) atoms. The summed E-state index contributed by atoms with van der Waals surface area (Å²) in [5, 5.41) is 19.4. The number of hydrogen-bond acceptors (Lipinski definition) is 11. The lowest BCUT2D eigenvalue weighted by Crippen LogP contribution is -2.42. The molecule has 1 aliphatic carbocycles. The van der Waals surface area contributed by atoms with Crippen LogP contribution >= 0.6 is 23.1 Å². The summed E-state index contributed by atoms with van der Waals surface area (Å²) < 4.78 is 11.6. The van der Waals surface area contributed by atoms with E-state index in [1.165, 1.54) is 23.1 Å². The van der Waals surface area contributed by atoms with Crippen LogP contribution in [0.15, 0.2) is 81.6 Å². The summed E-state index contributed by atoms with van der Waals surface area (Å²) in [6, 6.07) is 19.6. The highest BCUT2D eigenvalue weighted by molar-refractivity contribution is 8.01. The van der Waals surface area contributed by atoms with Gasteiger partial charge in [-0.15, -0.1) is 10.2 Å². The van der Waals surface area contributed by atoms with Gasteiger partial charge < -0.3 is 15.2 Å². The lowest BCUT2D eigenvalue weighted by Gasteiger charge is -2.42. The Hall–Kier alpha value is -4.14. The Morgan fingerprint density at radius 2 is 1.98 bits per heavy atom. The number of allylic oxidation sites excluding steroid dienone is 3. The largest absolute Gasteiger partial charge is 0.489 e. The average molecular weight is 602 g/mol. The molecule has 0 amide bonds. The molecule has 0 fully saturated rings. The van der Waals surface area contributed by atoms with E-state index in [1.807, 2.05) is 68.4 Å². The summed E-state index contributed by atoms with van der Waals surface area (Å²) in [6.45, 7) is 6.53. The monoisotopic (exact) mass is 601 g/mol. The summed E-state index contributed by atoms with van der Waals surface area (Å²) in [7, 11) is 0. The van der Waals surface area contributed by atoms with Gasteiger partial charge in [0.25, 0.3) is 0 Å². The second-order valence-electron chi connectivity index (χ2n) is 10.8. The number of carbonyl (C=O) groups is 2. The van der Waals surface area contributed by atoms with E-state index in [-0.39, 0.29) is 34.3 Å². The van der Waals surface area contributed by atoms with Crippen LogP contribution in [-0.4, -0.2) is 34.3 Å². The number of aromatic nitrogens is 2. The highest BCUT2D eigenvalue weighted by Crippen LogP contribution is 2.51. The van der Waals surface area contributed by atoms with Crippen LogP contribution in [0.4, 0.5) is 5.13 Å². The van der Waals surface area contributed by atoms with Crippen molar-refractivity contribution in [3.8, 4) is 11.8 Å². The number of benzene rings is 2. The van der Waals surface area contributed by atoms with Crippen LogP contribution < -0.4 is 15.4 Å². The van der Waals surface area contributed by atoms with Crippen molar-refractivity contribution in [2.45, 2.75) is 50.5 Å². The summed E-state index contributed by atoms with van der Waals surface area (Å²) in [4.78, 5) is 27.4. The number of anilines is 1. The maximum atomic E-state index is 13.8. The van der Waals surface area contributed by atoms with Crippen molar-refractivity contribution >= 4 is 40.0 Å². The lowest BCUT2D eigenvalue weighted by molar-refractivity contribution is -0.139. The third kappa shape index (κ3) is 6.20. The first-order valence-electron chi connectivity index (χ1n) is 13.6. The van der Waals surface area contributed by atoms with Crippen LogP contribution in [0.25, 0.3) is 0 Å². The Labute approximate surface area is 253 Å². The van der Waals surface area contributed by atoms with Crippen molar-refractivity contribution in [2.24, 2.45) is 11.1 Å². The number of Topliss-reactive ketones (excluding diaryl/α,β-unsaturated/α-hetero) is 1. The zero-order chi connectivity index (χ0) is 29.9. The number of ether oxygens (including phenoxy) is 2. The number of hydrogen-bond donors (Lipinski definition) is 1. The number of nitrogens with two attached hydrogens (primary N) is 1. The van der Waals surface area contributed by atoms with Crippen molar-refractivity contribution in [1.29, 1.82) is 5.26 Å². The predicted molar refractivity (Wildman–Crippen MR) is 162 cm³/mol. The molecule has 2 heterocycles. The minimum atomic E-state index is -0.643. The van der Waals surface area contributed by atoms with Crippen LogP contribution in [0.3, 0.4) is 0 Å². The van der Waals surface area contributed by atoms with Gasteiger partial charge >= 0.3 is 5.97 Å². The molecule has 1 unspecified atom stereocenters. The maximum Gasteiger partial charge on any atom is 0.316 e. The van der Waals surface area contributed by atoms with Crippen LogP contribution in [-0.2, 0) is 20.9 Å². The Morgan fingerprint density at radius 1 is 1.19 bits per heavy atom.